The van der Waals surface area contributed by atoms with Crippen LogP contribution in [0.4, 0.5) is 22.7 Å². The smallest absolute Gasteiger partial charge is 0.100 e. The van der Waals surface area contributed by atoms with E-state index in [1.54, 1.807) is 0 Å². The van der Waals surface area contributed by atoms with E-state index in [0.29, 0.717) is 5.92 Å². The third-order valence-corrected chi connectivity index (χ3v) is 7.23. The molecule has 31 heavy (non-hydrogen) atoms. The zero-order valence-electron chi connectivity index (χ0n) is 18.7. The molecule has 0 fully saturated rings. The normalized spacial score (nSPS) is 16.0. The third kappa shape index (κ3) is 2.57. The predicted molar refractivity (Wildman–Crippen MR) is 132 cm³/mol. The largest absolute Gasteiger partial charge is 0.321 e. The maximum absolute atomic E-state index is 2.52. The van der Waals surface area contributed by atoms with E-state index in [-0.39, 0.29) is 5.41 Å². The zero-order valence-corrected chi connectivity index (χ0v) is 18.7. The molecular weight excluding hydrogens is 376 g/mol. The highest BCUT2D eigenvalue weighted by Gasteiger charge is 2.42. The van der Waals surface area contributed by atoms with Crippen LogP contribution in [0.25, 0.3) is 10.8 Å². The summed E-state index contributed by atoms with van der Waals surface area (Å²) < 4.78 is 0. The first-order chi connectivity index (χ1) is 14.9. The Kier molecular flexibility index (Phi) is 3.80. The molecule has 0 radical (unpaired) electrons. The average molecular weight is 405 g/mol. The van der Waals surface area contributed by atoms with Gasteiger partial charge in [0.1, 0.15) is 6.67 Å². The monoisotopic (exact) mass is 404 g/mol. The molecule has 0 unspecified atom stereocenters. The number of rotatable bonds is 2. The van der Waals surface area contributed by atoms with Crippen LogP contribution in [-0.2, 0) is 5.41 Å². The number of nitrogens with zero attached hydrogens (tertiary/aromatic N) is 2. The molecule has 0 bridgehead atoms. The van der Waals surface area contributed by atoms with Crippen LogP contribution in [0.3, 0.4) is 0 Å². The predicted octanol–water partition coefficient (Wildman–Crippen LogP) is 7.85. The van der Waals surface area contributed by atoms with Crippen LogP contribution in [0.2, 0.25) is 0 Å². The van der Waals surface area contributed by atoms with Crippen LogP contribution >= 0.6 is 0 Å². The van der Waals surface area contributed by atoms with E-state index in [2.05, 4.69) is 116 Å². The number of anilines is 4. The lowest BCUT2D eigenvalue weighted by atomic mass is 9.73. The number of benzene rings is 4. The quantitative estimate of drug-likeness (QED) is 0.336. The van der Waals surface area contributed by atoms with Gasteiger partial charge in [0, 0.05) is 16.8 Å². The minimum atomic E-state index is -0.0429. The topological polar surface area (TPSA) is 6.48 Å². The highest BCUT2D eigenvalue weighted by atomic mass is 15.4. The molecule has 2 aliphatic rings. The minimum absolute atomic E-state index is 0.0429. The highest BCUT2D eigenvalue weighted by Crippen LogP contribution is 2.56. The summed E-state index contributed by atoms with van der Waals surface area (Å²) >= 11 is 0. The molecule has 0 saturated heterocycles. The number of hydrogen-bond donors (Lipinski definition) is 0. The Hall–Kier alpha value is -3.26. The van der Waals surface area contributed by atoms with Crippen LogP contribution < -0.4 is 9.80 Å². The van der Waals surface area contributed by atoms with Gasteiger partial charge in [-0.05, 0) is 63.7 Å². The Morgan fingerprint density at radius 2 is 1.42 bits per heavy atom. The maximum atomic E-state index is 2.52. The van der Waals surface area contributed by atoms with Gasteiger partial charge in [0.05, 0.1) is 11.4 Å². The third-order valence-electron chi connectivity index (χ3n) is 7.23. The fourth-order valence-electron chi connectivity index (χ4n) is 5.38. The van der Waals surface area contributed by atoms with Gasteiger partial charge in [-0.1, -0.05) is 76.2 Å². The van der Waals surface area contributed by atoms with Gasteiger partial charge in [-0.3, -0.25) is 0 Å². The lowest BCUT2D eigenvalue weighted by molar-refractivity contribution is 0.630. The van der Waals surface area contributed by atoms with Crippen molar-refractivity contribution >= 4 is 33.5 Å². The van der Waals surface area contributed by atoms with Crippen LogP contribution in [0.5, 0.6) is 0 Å². The van der Waals surface area contributed by atoms with Crippen LogP contribution in [0.1, 0.15) is 50.3 Å². The summed E-state index contributed by atoms with van der Waals surface area (Å²) in [5.74, 6) is 0.547. The molecule has 0 spiro atoms. The molecule has 154 valence electrons. The van der Waals surface area contributed by atoms with Crippen molar-refractivity contribution in [2.24, 2.45) is 0 Å². The van der Waals surface area contributed by atoms with E-state index >= 15 is 0 Å². The number of para-hydroxylation sites is 1. The van der Waals surface area contributed by atoms with Crippen LogP contribution in [0.15, 0.2) is 78.9 Å². The zero-order chi connectivity index (χ0) is 21.3. The molecule has 0 N–H and O–H groups in total. The van der Waals surface area contributed by atoms with Crippen LogP contribution in [0, 0.1) is 0 Å². The van der Waals surface area contributed by atoms with Crippen molar-refractivity contribution < 1.29 is 0 Å². The Morgan fingerprint density at radius 1 is 0.710 bits per heavy atom. The highest BCUT2D eigenvalue weighted by molar-refractivity contribution is 5.97. The molecule has 0 amide bonds. The maximum Gasteiger partial charge on any atom is 0.100 e. The molecule has 0 aromatic heterocycles. The summed E-state index contributed by atoms with van der Waals surface area (Å²) in [5.41, 5.74) is 9.43. The Balaban J connectivity index is 1.55. The Bertz CT molecular complexity index is 1310. The van der Waals surface area contributed by atoms with Gasteiger partial charge in [0.15, 0.2) is 0 Å². The molecule has 2 heterocycles. The van der Waals surface area contributed by atoms with Crippen molar-refractivity contribution in [1.82, 2.24) is 0 Å². The van der Waals surface area contributed by atoms with E-state index in [0.717, 1.165) is 6.67 Å². The fraction of sp³-hybridized carbons (Fsp3) is 0.241. The van der Waals surface area contributed by atoms with Gasteiger partial charge in [0.25, 0.3) is 0 Å². The minimum Gasteiger partial charge on any atom is -0.321 e. The second-order valence-corrected chi connectivity index (χ2v) is 9.76. The number of fused-ring (bicyclic) bond motifs is 3. The van der Waals surface area contributed by atoms with Gasteiger partial charge in [-0.25, -0.2) is 0 Å². The first kappa shape index (κ1) is 18.5. The lowest BCUT2D eigenvalue weighted by Crippen LogP contribution is -2.32. The Labute approximate surface area is 184 Å². The summed E-state index contributed by atoms with van der Waals surface area (Å²) in [7, 11) is 0. The second kappa shape index (κ2) is 6.37. The van der Waals surface area contributed by atoms with Gasteiger partial charge < -0.3 is 9.80 Å². The van der Waals surface area contributed by atoms with Gasteiger partial charge in [-0.2, -0.15) is 0 Å². The molecule has 4 aromatic carbocycles. The molecule has 0 atom stereocenters. The first-order valence-corrected chi connectivity index (χ1v) is 11.3. The van der Waals surface area contributed by atoms with Gasteiger partial charge in [0.2, 0.25) is 0 Å². The molecular formula is C29H28N2. The van der Waals surface area contributed by atoms with Crippen molar-refractivity contribution in [3.8, 4) is 0 Å². The summed E-state index contributed by atoms with van der Waals surface area (Å²) in [6.07, 6.45) is 0. The first-order valence-electron chi connectivity index (χ1n) is 11.3. The molecule has 2 heteroatoms. The van der Waals surface area contributed by atoms with E-state index in [9.17, 15) is 0 Å². The van der Waals surface area contributed by atoms with Gasteiger partial charge >= 0.3 is 0 Å². The SMILES string of the molecule is CC(C)c1ccc(N2CN3c4cc5ccccc5cc4C(C)(C)c4cccc2c43)cc1. The molecule has 0 aliphatic carbocycles. The van der Waals surface area contributed by atoms with E-state index in [1.807, 2.05) is 0 Å². The van der Waals surface area contributed by atoms with Crippen molar-refractivity contribution in [1.29, 1.82) is 0 Å². The van der Waals surface area contributed by atoms with Crippen molar-refractivity contribution in [3.63, 3.8) is 0 Å². The standard InChI is InChI=1S/C29H28N2/c1-19(2)20-12-14-23(15-13-20)30-18-31-27-17-22-9-6-5-8-21(22)16-25(27)29(3,4)24-10-7-11-26(30)28(24)31/h5-17,19H,18H2,1-4H3. The molecule has 2 nitrogen and oxygen atoms in total. The van der Waals surface area contributed by atoms with Crippen molar-refractivity contribution in [2.75, 3.05) is 16.5 Å². The van der Waals surface area contributed by atoms with E-state index in [4.69, 9.17) is 0 Å². The average Bonchev–Trinajstić information content (AvgIpc) is 3.17. The van der Waals surface area contributed by atoms with Gasteiger partial charge in [-0.15, -0.1) is 0 Å². The number of hydrogen-bond acceptors (Lipinski definition) is 2. The van der Waals surface area contributed by atoms with Crippen LogP contribution in [-0.4, -0.2) is 6.67 Å². The second-order valence-electron chi connectivity index (χ2n) is 9.76. The van der Waals surface area contributed by atoms with Crippen molar-refractivity contribution in [2.45, 2.75) is 39.0 Å². The van der Waals surface area contributed by atoms with E-state index in [1.165, 1.54) is 50.2 Å². The summed E-state index contributed by atoms with van der Waals surface area (Å²) in [4.78, 5) is 4.98. The van der Waals surface area contributed by atoms with E-state index < -0.39 is 0 Å². The Morgan fingerprint density at radius 3 is 2.13 bits per heavy atom. The van der Waals surface area contributed by atoms with Crippen molar-refractivity contribution in [3.05, 3.63) is 95.6 Å². The summed E-state index contributed by atoms with van der Waals surface area (Å²) in [6, 6.07) is 29.4. The summed E-state index contributed by atoms with van der Waals surface area (Å²) in [6.45, 7) is 10.1. The lowest BCUT2D eigenvalue weighted by Gasteiger charge is -2.39. The summed E-state index contributed by atoms with van der Waals surface area (Å²) in [5, 5.41) is 2.62. The molecule has 6 rings (SSSR count). The fourth-order valence-corrected chi connectivity index (χ4v) is 5.38. The molecule has 0 saturated carbocycles. The molecule has 2 aliphatic heterocycles. The molecule has 4 aromatic rings.